The Bertz CT molecular complexity index is 431. The molecule has 0 spiro atoms. The van der Waals surface area contributed by atoms with Crippen molar-refractivity contribution in [2.24, 2.45) is 0 Å². The molecule has 1 N–H and O–H groups in total. The van der Waals surface area contributed by atoms with Gasteiger partial charge in [-0.1, -0.05) is 6.07 Å². The lowest BCUT2D eigenvalue weighted by atomic mass is 10.1. The molecule has 1 rings (SSSR count). The van der Waals surface area contributed by atoms with E-state index >= 15 is 0 Å². The summed E-state index contributed by atoms with van der Waals surface area (Å²) < 4.78 is 10.6. The number of rotatable bonds is 6. The first kappa shape index (κ1) is 15.5. The minimum atomic E-state index is -0.526. The molecule has 0 fully saturated rings. The summed E-state index contributed by atoms with van der Waals surface area (Å²) in [5.74, 6) is 0.577. The molecule has 0 aliphatic carbocycles. The molecule has 0 aromatic heterocycles. The molecule has 0 saturated carbocycles. The number of nitrogens with one attached hydrogen (secondary N) is 1. The topological polar surface area (TPSA) is 47.6 Å². The monoisotopic (exact) mass is 265 g/mol. The Morgan fingerprint density at radius 1 is 1.26 bits per heavy atom. The summed E-state index contributed by atoms with van der Waals surface area (Å²) in [5, 5.41) is 2.84. The van der Waals surface area contributed by atoms with Crippen molar-refractivity contribution < 1.29 is 14.3 Å². The second-order valence-corrected chi connectivity index (χ2v) is 4.87. The van der Waals surface area contributed by atoms with Gasteiger partial charge >= 0.3 is 0 Å². The van der Waals surface area contributed by atoms with Gasteiger partial charge in [0.15, 0.2) is 6.10 Å². The zero-order valence-electron chi connectivity index (χ0n) is 12.3. The molecule has 0 bridgehead atoms. The maximum absolute atomic E-state index is 11.9. The number of ether oxygens (including phenoxy) is 2. The number of carbonyl (C=O) groups is 1. The van der Waals surface area contributed by atoms with Crippen molar-refractivity contribution in [1.82, 2.24) is 5.32 Å². The molecule has 1 aromatic carbocycles. The predicted molar refractivity (Wildman–Crippen MR) is 75.5 cm³/mol. The van der Waals surface area contributed by atoms with Gasteiger partial charge in [0.05, 0.1) is 6.61 Å². The van der Waals surface area contributed by atoms with E-state index in [9.17, 15) is 4.79 Å². The van der Waals surface area contributed by atoms with Crippen LogP contribution in [-0.2, 0) is 9.53 Å². The van der Waals surface area contributed by atoms with Crippen LogP contribution in [0, 0.1) is 13.8 Å². The minimum absolute atomic E-state index is 0.0247. The largest absolute Gasteiger partial charge is 0.481 e. The van der Waals surface area contributed by atoms with E-state index in [0.717, 1.165) is 5.56 Å². The SMILES string of the molecule is COC[C@@H](C)NC(=O)[C@H](C)Oc1ccc(C)c(C)c1. The van der Waals surface area contributed by atoms with Crippen molar-refractivity contribution in [3.05, 3.63) is 29.3 Å². The molecule has 1 aromatic rings. The van der Waals surface area contributed by atoms with Crippen LogP contribution in [-0.4, -0.2) is 31.8 Å². The first-order valence-electron chi connectivity index (χ1n) is 6.47. The van der Waals surface area contributed by atoms with E-state index in [-0.39, 0.29) is 11.9 Å². The smallest absolute Gasteiger partial charge is 0.261 e. The van der Waals surface area contributed by atoms with Crippen molar-refractivity contribution in [1.29, 1.82) is 0 Å². The molecule has 2 atom stereocenters. The molecule has 0 aliphatic heterocycles. The van der Waals surface area contributed by atoms with E-state index in [1.54, 1.807) is 14.0 Å². The van der Waals surface area contributed by atoms with Crippen LogP contribution in [0.15, 0.2) is 18.2 Å². The first-order chi connectivity index (χ1) is 8.93. The van der Waals surface area contributed by atoms with Gasteiger partial charge in [-0.05, 0) is 51.0 Å². The Morgan fingerprint density at radius 3 is 2.53 bits per heavy atom. The van der Waals surface area contributed by atoms with E-state index < -0.39 is 6.10 Å². The van der Waals surface area contributed by atoms with Crippen LogP contribution < -0.4 is 10.1 Å². The van der Waals surface area contributed by atoms with Crippen molar-refractivity contribution >= 4 is 5.91 Å². The van der Waals surface area contributed by atoms with Crippen LogP contribution >= 0.6 is 0 Å². The summed E-state index contributed by atoms with van der Waals surface area (Å²) in [7, 11) is 1.61. The molecule has 106 valence electrons. The van der Waals surface area contributed by atoms with Crippen molar-refractivity contribution in [3.63, 3.8) is 0 Å². The van der Waals surface area contributed by atoms with Crippen LogP contribution in [0.5, 0.6) is 5.75 Å². The van der Waals surface area contributed by atoms with Crippen LogP contribution in [0.1, 0.15) is 25.0 Å². The predicted octanol–water partition coefficient (Wildman–Crippen LogP) is 2.22. The molecule has 4 heteroatoms. The Morgan fingerprint density at radius 2 is 1.95 bits per heavy atom. The van der Waals surface area contributed by atoms with E-state index in [0.29, 0.717) is 12.4 Å². The molecular weight excluding hydrogens is 242 g/mol. The fourth-order valence-corrected chi connectivity index (χ4v) is 1.70. The zero-order chi connectivity index (χ0) is 14.4. The van der Waals surface area contributed by atoms with Crippen LogP contribution in [0.4, 0.5) is 0 Å². The molecule has 0 unspecified atom stereocenters. The first-order valence-corrected chi connectivity index (χ1v) is 6.47. The fraction of sp³-hybridized carbons (Fsp3) is 0.533. The van der Waals surface area contributed by atoms with Gasteiger partial charge in [0.1, 0.15) is 5.75 Å². The number of amides is 1. The highest BCUT2D eigenvalue weighted by molar-refractivity contribution is 5.81. The van der Waals surface area contributed by atoms with Gasteiger partial charge in [-0.25, -0.2) is 0 Å². The molecule has 0 saturated heterocycles. The Hall–Kier alpha value is -1.55. The summed E-state index contributed by atoms with van der Waals surface area (Å²) in [5.41, 5.74) is 2.36. The van der Waals surface area contributed by atoms with Gasteiger partial charge in [0.25, 0.3) is 5.91 Å². The van der Waals surface area contributed by atoms with Gasteiger partial charge in [-0.3, -0.25) is 4.79 Å². The third kappa shape index (κ3) is 4.91. The molecule has 4 nitrogen and oxygen atoms in total. The number of hydrogen-bond donors (Lipinski definition) is 1. The summed E-state index contributed by atoms with van der Waals surface area (Å²) in [6, 6.07) is 5.79. The van der Waals surface area contributed by atoms with Gasteiger partial charge in [-0.15, -0.1) is 0 Å². The second-order valence-electron chi connectivity index (χ2n) is 4.87. The zero-order valence-corrected chi connectivity index (χ0v) is 12.3. The highest BCUT2D eigenvalue weighted by atomic mass is 16.5. The quantitative estimate of drug-likeness (QED) is 0.858. The van der Waals surface area contributed by atoms with Gasteiger partial charge in [0.2, 0.25) is 0 Å². The normalized spacial score (nSPS) is 13.7. The fourth-order valence-electron chi connectivity index (χ4n) is 1.70. The second kappa shape index (κ2) is 7.14. The Kier molecular flexibility index (Phi) is 5.83. The van der Waals surface area contributed by atoms with Crippen molar-refractivity contribution in [3.8, 4) is 5.75 Å². The van der Waals surface area contributed by atoms with Gasteiger partial charge < -0.3 is 14.8 Å². The number of aryl methyl sites for hydroxylation is 2. The molecule has 0 radical (unpaired) electrons. The third-order valence-electron chi connectivity index (χ3n) is 2.97. The third-order valence-corrected chi connectivity index (χ3v) is 2.97. The standard InChI is InChI=1S/C15H23NO3/c1-10-6-7-14(8-11(10)2)19-13(4)15(17)16-12(3)9-18-5/h6-8,12-13H,9H2,1-5H3,(H,16,17)/t12-,13+/m1/s1. The van der Waals surface area contributed by atoms with Crippen molar-refractivity contribution in [2.45, 2.75) is 39.8 Å². The van der Waals surface area contributed by atoms with E-state index in [1.807, 2.05) is 39.0 Å². The van der Waals surface area contributed by atoms with Crippen LogP contribution in [0.3, 0.4) is 0 Å². The number of hydrogen-bond acceptors (Lipinski definition) is 3. The Balaban J connectivity index is 2.56. The van der Waals surface area contributed by atoms with Gasteiger partial charge in [0, 0.05) is 13.2 Å². The highest BCUT2D eigenvalue weighted by Gasteiger charge is 2.16. The van der Waals surface area contributed by atoms with E-state index in [2.05, 4.69) is 5.32 Å². The van der Waals surface area contributed by atoms with Crippen LogP contribution in [0.25, 0.3) is 0 Å². The van der Waals surface area contributed by atoms with E-state index in [1.165, 1.54) is 5.56 Å². The average Bonchev–Trinajstić information content (AvgIpc) is 2.34. The lowest BCUT2D eigenvalue weighted by Crippen LogP contribution is -2.43. The lowest BCUT2D eigenvalue weighted by molar-refractivity contribution is -0.128. The summed E-state index contributed by atoms with van der Waals surface area (Å²) >= 11 is 0. The van der Waals surface area contributed by atoms with Gasteiger partial charge in [-0.2, -0.15) is 0 Å². The van der Waals surface area contributed by atoms with Crippen molar-refractivity contribution in [2.75, 3.05) is 13.7 Å². The number of methoxy groups -OCH3 is 1. The maximum Gasteiger partial charge on any atom is 0.261 e. The summed E-state index contributed by atoms with van der Waals surface area (Å²) in [6.07, 6.45) is -0.526. The summed E-state index contributed by atoms with van der Waals surface area (Å²) in [4.78, 5) is 11.9. The summed E-state index contributed by atoms with van der Waals surface area (Å²) in [6.45, 7) is 8.19. The molecule has 0 aliphatic rings. The number of benzene rings is 1. The van der Waals surface area contributed by atoms with E-state index in [4.69, 9.17) is 9.47 Å². The Labute approximate surface area is 115 Å². The number of carbonyl (C=O) groups excluding carboxylic acids is 1. The van der Waals surface area contributed by atoms with Crippen LogP contribution in [0.2, 0.25) is 0 Å². The highest BCUT2D eigenvalue weighted by Crippen LogP contribution is 2.17. The minimum Gasteiger partial charge on any atom is -0.481 e. The molecule has 19 heavy (non-hydrogen) atoms. The lowest BCUT2D eigenvalue weighted by Gasteiger charge is -2.18. The molecule has 0 heterocycles. The molecular formula is C15H23NO3. The maximum atomic E-state index is 11.9. The average molecular weight is 265 g/mol. The molecule has 1 amide bonds.